The van der Waals surface area contributed by atoms with Crippen LogP contribution in [0.4, 0.5) is 0 Å². The van der Waals surface area contributed by atoms with Gasteiger partial charge in [0.25, 0.3) is 0 Å². The number of esters is 1. The van der Waals surface area contributed by atoms with Crippen LogP contribution < -0.4 is 4.74 Å². The maximum atomic E-state index is 11.9. The molecule has 5 nitrogen and oxygen atoms in total. The van der Waals surface area contributed by atoms with Gasteiger partial charge in [-0.25, -0.2) is 0 Å². The molecule has 0 bridgehead atoms. The van der Waals surface area contributed by atoms with Crippen LogP contribution in [-0.4, -0.2) is 12.3 Å². The molecule has 4 atom stereocenters. The predicted octanol–water partition coefficient (Wildman–Crippen LogP) is 4.22. The van der Waals surface area contributed by atoms with E-state index in [1.807, 2.05) is 56.3 Å². The summed E-state index contributed by atoms with van der Waals surface area (Å²) in [6.07, 6.45) is -1.51. The molecule has 2 fully saturated rings. The van der Waals surface area contributed by atoms with Crippen molar-refractivity contribution in [3.05, 3.63) is 60.2 Å². The van der Waals surface area contributed by atoms with Crippen LogP contribution >= 0.6 is 0 Å². The van der Waals surface area contributed by atoms with E-state index < -0.39 is 12.4 Å². The normalized spacial score (nSPS) is 26.3. The summed E-state index contributed by atoms with van der Waals surface area (Å²) in [6, 6.07) is 18.8. The Bertz CT molecular complexity index is 871. The fourth-order valence-electron chi connectivity index (χ4n) is 3.69. The van der Waals surface area contributed by atoms with Crippen LogP contribution in [0.3, 0.4) is 0 Å². The Kier molecular flexibility index (Phi) is 3.93. The van der Waals surface area contributed by atoms with Gasteiger partial charge >= 0.3 is 5.97 Å². The Morgan fingerprint density at radius 2 is 1.85 bits per heavy atom. The first kappa shape index (κ1) is 16.6. The summed E-state index contributed by atoms with van der Waals surface area (Å²) in [5.41, 5.74) is 0.539. The van der Waals surface area contributed by atoms with Gasteiger partial charge in [0, 0.05) is 5.92 Å². The van der Waals surface area contributed by atoms with E-state index >= 15 is 0 Å². The number of hydrogen-bond acceptors (Lipinski definition) is 5. The number of para-hydroxylation sites is 1. The number of ether oxygens (including phenoxy) is 3. The zero-order valence-corrected chi connectivity index (χ0v) is 14.6. The molecule has 2 aromatic rings. The molecule has 0 radical (unpaired) electrons. The summed E-state index contributed by atoms with van der Waals surface area (Å²) in [4.78, 5) is 11.9. The third-order valence-corrected chi connectivity index (χ3v) is 5.22. The van der Waals surface area contributed by atoms with Crippen molar-refractivity contribution in [2.45, 2.75) is 26.2 Å². The van der Waals surface area contributed by atoms with E-state index in [0.717, 1.165) is 0 Å². The molecule has 1 heterocycles. The number of rotatable bonds is 5. The summed E-state index contributed by atoms with van der Waals surface area (Å²) < 4.78 is 17.0. The molecule has 2 aliphatic rings. The molecule has 0 amide bonds. The van der Waals surface area contributed by atoms with Gasteiger partial charge in [0.05, 0.1) is 12.0 Å². The fraction of sp³-hybridized carbons (Fsp3) is 0.333. The minimum Gasteiger partial charge on any atom is -0.457 e. The molecule has 26 heavy (non-hydrogen) atoms. The number of carbonyl (C=O) groups excluding carboxylic acids is 1. The lowest BCUT2D eigenvalue weighted by molar-refractivity contribution is -0.182. The fourth-order valence-corrected chi connectivity index (χ4v) is 3.69. The second kappa shape index (κ2) is 6.15. The minimum atomic E-state index is -0.831. The highest BCUT2D eigenvalue weighted by atomic mass is 16.7. The van der Waals surface area contributed by atoms with Crippen molar-refractivity contribution < 1.29 is 19.0 Å². The molecule has 1 unspecified atom stereocenters. The Morgan fingerprint density at radius 1 is 1.12 bits per heavy atom. The van der Waals surface area contributed by atoms with E-state index in [4.69, 9.17) is 14.2 Å². The van der Waals surface area contributed by atoms with Crippen molar-refractivity contribution in [1.82, 2.24) is 0 Å². The molecule has 5 heteroatoms. The summed E-state index contributed by atoms with van der Waals surface area (Å²) >= 11 is 0. The molecule has 1 saturated heterocycles. The number of nitrogens with zero attached hydrogens (tertiary/aromatic N) is 1. The third kappa shape index (κ3) is 2.83. The van der Waals surface area contributed by atoms with Gasteiger partial charge in [0.1, 0.15) is 11.5 Å². The van der Waals surface area contributed by atoms with Crippen molar-refractivity contribution >= 4 is 5.97 Å². The third-order valence-electron chi connectivity index (χ3n) is 5.22. The Hall–Kier alpha value is -2.84. The number of nitriles is 1. The maximum Gasteiger partial charge on any atom is 0.312 e. The topological polar surface area (TPSA) is 68.5 Å². The maximum absolute atomic E-state index is 11.9. The Morgan fingerprint density at radius 3 is 2.50 bits per heavy atom. The molecule has 0 spiro atoms. The molecule has 132 valence electrons. The first-order valence-corrected chi connectivity index (χ1v) is 8.59. The highest BCUT2D eigenvalue weighted by molar-refractivity contribution is 5.80. The largest absolute Gasteiger partial charge is 0.457 e. The van der Waals surface area contributed by atoms with Crippen LogP contribution in [-0.2, 0) is 14.3 Å². The number of benzene rings is 2. The van der Waals surface area contributed by atoms with Gasteiger partial charge in [0.15, 0.2) is 6.10 Å². The monoisotopic (exact) mass is 349 g/mol. The van der Waals surface area contributed by atoms with Crippen LogP contribution in [0, 0.1) is 28.6 Å². The van der Waals surface area contributed by atoms with Gasteiger partial charge in [-0.1, -0.05) is 44.2 Å². The second-order valence-electron chi connectivity index (χ2n) is 7.26. The van der Waals surface area contributed by atoms with Gasteiger partial charge in [-0.2, -0.15) is 5.26 Å². The average molecular weight is 349 g/mol. The van der Waals surface area contributed by atoms with Crippen molar-refractivity contribution in [2.75, 3.05) is 0 Å². The second-order valence-corrected chi connectivity index (χ2v) is 7.26. The Balaban J connectivity index is 1.50. The highest BCUT2D eigenvalue weighted by Crippen LogP contribution is 2.65. The van der Waals surface area contributed by atoms with E-state index in [9.17, 15) is 10.1 Å². The van der Waals surface area contributed by atoms with Gasteiger partial charge in [-0.3, -0.25) is 4.79 Å². The molecule has 1 saturated carbocycles. The molecule has 0 aromatic heterocycles. The first-order chi connectivity index (χ1) is 12.5. The van der Waals surface area contributed by atoms with E-state index in [-0.39, 0.29) is 23.2 Å². The number of carbonyl (C=O) groups is 1. The standard InChI is InChI=1S/C21H19NO4/c1-21(2)17-18(21)20(26-19(17)23)25-16(12-22)13-7-6-10-15(11-13)24-14-8-4-3-5-9-14/h3-11,16-18,20H,1-2H3/t16-,17?,18-,20-/m1/s1. The lowest BCUT2D eigenvalue weighted by atomic mass is 10.1. The smallest absolute Gasteiger partial charge is 0.312 e. The van der Waals surface area contributed by atoms with E-state index in [0.29, 0.717) is 17.1 Å². The molecule has 4 rings (SSSR count). The van der Waals surface area contributed by atoms with Crippen LogP contribution in [0.25, 0.3) is 0 Å². The number of hydrogen-bond donors (Lipinski definition) is 0. The van der Waals surface area contributed by atoms with Crippen molar-refractivity contribution in [3.63, 3.8) is 0 Å². The van der Waals surface area contributed by atoms with Crippen molar-refractivity contribution in [2.24, 2.45) is 17.3 Å². The molecule has 1 aliphatic carbocycles. The van der Waals surface area contributed by atoms with Crippen LogP contribution in [0.2, 0.25) is 0 Å². The molecular formula is C21H19NO4. The number of fused-ring (bicyclic) bond motifs is 1. The molecule has 2 aromatic carbocycles. The van der Waals surface area contributed by atoms with E-state index in [2.05, 4.69) is 6.07 Å². The lowest BCUT2D eigenvalue weighted by Crippen LogP contribution is -2.24. The summed E-state index contributed by atoms with van der Waals surface area (Å²) in [5, 5.41) is 9.56. The Labute approximate surface area is 152 Å². The molecular weight excluding hydrogens is 330 g/mol. The summed E-state index contributed by atoms with van der Waals surface area (Å²) in [7, 11) is 0. The lowest BCUT2D eigenvalue weighted by Gasteiger charge is -2.21. The molecule has 1 aliphatic heterocycles. The van der Waals surface area contributed by atoms with Crippen molar-refractivity contribution in [1.29, 1.82) is 5.26 Å². The summed E-state index contributed by atoms with van der Waals surface area (Å²) in [5.74, 6) is 0.981. The van der Waals surface area contributed by atoms with Crippen LogP contribution in [0.15, 0.2) is 54.6 Å². The zero-order chi connectivity index (χ0) is 18.3. The molecule has 0 N–H and O–H groups in total. The van der Waals surface area contributed by atoms with Gasteiger partial charge in [-0.15, -0.1) is 0 Å². The quantitative estimate of drug-likeness (QED) is 0.756. The number of cyclic esters (lactones) is 1. The van der Waals surface area contributed by atoms with E-state index in [1.165, 1.54) is 0 Å². The van der Waals surface area contributed by atoms with Gasteiger partial charge in [0.2, 0.25) is 6.29 Å². The van der Waals surface area contributed by atoms with Crippen LogP contribution in [0.1, 0.15) is 25.5 Å². The zero-order valence-electron chi connectivity index (χ0n) is 14.6. The summed E-state index contributed by atoms with van der Waals surface area (Å²) in [6.45, 7) is 4.05. The highest BCUT2D eigenvalue weighted by Gasteiger charge is 2.72. The van der Waals surface area contributed by atoms with Gasteiger partial charge < -0.3 is 14.2 Å². The minimum absolute atomic E-state index is 0.00889. The SMILES string of the molecule is CC1(C)C2C(=O)O[C@@H](O[C@H](C#N)c3cccc(Oc4ccccc4)c3)[C@@H]21. The van der Waals surface area contributed by atoms with Gasteiger partial charge in [-0.05, 0) is 35.2 Å². The van der Waals surface area contributed by atoms with Crippen molar-refractivity contribution in [3.8, 4) is 17.6 Å². The first-order valence-electron chi connectivity index (χ1n) is 8.59. The average Bonchev–Trinajstić information content (AvgIpc) is 3.03. The predicted molar refractivity (Wildman–Crippen MR) is 93.0 cm³/mol. The van der Waals surface area contributed by atoms with E-state index in [1.54, 1.807) is 12.1 Å². The van der Waals surface area contributed by atoms with Crippen LogP contribution in [0.5, 0.6) is 11.5 Å².